The average molecular weight is 384 g/mol. The van der Waals surface area contributed by atoms with Gasteiger partial charge in [0.1, 0.15) is 5.82 Å². The van der Waals surface area contributed by atoms with Crippen LogP contribution in [0.3, 0.4) is 0 Å². The molecule has 1 fully saturated rings. The third-order valence-electron chi connectivity index (χ3n) is 5.06. The van der Waals surface area contributed by atoms with Crippen LogP contribution in [0.5, 0.6) is 0 Å². The number of hydrogen-bond acceptors (Lipinski definition) is 2. The highest BCUT2D eigenvalue weighted by Crippen LogP contribution is 2.13. The first-order valence-electron chi connectivity index (χ1n) is 9.68. The van der Waals surface area contributed by atoms with Crippen LogP contribution in [-0.4, -0.2) is 37.5 Å². The molecule has 0 saturated carbocycles. The van der Waals surface area contributed by atoms with Gasteiger partial charge in [-0.25, -0.2) is 4.39 Å². The Morgan fingerprint density at radius 1 is 1.07 bits per heavy atom. The maximum atomic E-state index is 13.7. The van der Waals surface area contributed by atoms with E-state index in [0.29, 0.717) is 6.54 Å². The summed E-state index contributed by atoms with van der Waals surface area (Å²) in [5, 5.41) is 5.88. The third kappa shape index (κ3) is 5.39. The van der Waals surface area contributed by atoms with Crippen LogP contribution in [0.4, 0.5) is 10.1 Å². The van der Waals surface area contributed by atoms with Crippen LogP contribution in [0.1, 0.15) is 34.3 Å². The molecule has 0 bridgehead atoms. The van der Waals surface area contributed by atoms with Crippen molar-refractivity contribution in [2.24, 2.45) is 0 Å². The number of aryl methyl sites for hydroxylation is 2. The van der Waals surface area contributed by atoms with E-state index < -0.39 is 5.82 Å². The van der Waals surface area contributed by atoms with Crippen LogP contribution in [0.2, 0.25) is 0 Å². The summed E-state index contributed by atoms with van der Waals surface area (Å²) >= 11 is 0. The van der Waals surface area contributed by atoms with Crippen LogP contribution in [-0.2, 0) is 4.79 Å². The number of halogens is 1. The Bertz CT molecular complexity index is 840. The number of carbonyl (C=O) groups excluding carboxylic acids is 2. The topological polar surface area (TPSA) is 62.6 Å². The summed E-state index contributed by atoms with van der Waals surface area (Å²) < 4.78 is 13.7. The van der Waals surface area contributed by atoms with Crippen molar-refractivity contribution >= 4 is 17.5 Å². The second-order valence-electron chi connectivity index (χ2n) is 7.58. The summed E-state index contributed by atoms with van der Waals surface area (Å²) in [6.07, 6.45) is 1.54. The van der Waals surface area contributed by atoms with Gasteiger partial charge in [-0.05, 0) is 49.2 Å². The third-order valence-corrected chi connectivity index (χ3v) is 5.06. The minimum Gasteiger partial charge on any atom is -0.349 e. The first-order valence-corrected chi connectivity index (χ1v) is 9.68. The van der Waals surface area contributed by atoms with E-state index >= 15 is 0 Å². The summed E-state index contributed by atoms with van der Waals surface area (Å²) in [5.74, 6) is -0.890. The van der Waals surface area contributed by atoms with Crippen LogP contribution >= 0.6 is 0 Å². The Labute approximate surface area is 164 Å². The first-order chi connectivity index (χ1) is 13.4. The molecule has 1 heterocycles. The molecule has 0 spiro atoms. The van der Waals surface area contributed by atoms with Gasteiger partial charge in [0.2, 0.25) is 0 Å². The number of hydrogen-bond donors (Lipinski definition) is 3. The van der Waals surface area contributed by atoms with Crippen LogP contribution in [0.15, 0.2) is 42.5 Å². The highest BCUT2D eigenvalue weighted by Gasteiger charge is 2.26. The summed E-state index contributed by atoms with van der Waals surface area (Å²) in [6, 6.07) is 12.0. The zero-order chi connectivity index (χ0) is 20.1. The normalized spacial score (nSPS) is 19.1. The predicted octanol–water partition coefficient (Wildman–Crippen LogP) is 1.86. The number of anilines is 1. The quantitative estimate of drug-likeness (QED) is 0.737. The number of amides is 2. The predicted molar refractivity (Wildman–Crippen MR) is 107 cm³/mol. The standard InChI is InChI=1S/C22H26FN3O2/c1-15-11-16(2)13-18(12-15)24-21(27)14-26-9-7-17(8-10-26)25-22(28)19-5-3-4-6-20(19)23/h3-6,11-13,17H,7-10,14H2,1-2H3,(H,24,27)(H,25,28)/p+1. The van der Waals surface area contributed by atoms with E-state index in [0.717, 1.165) is 42.7 Å². The number of quaternary nitrogens is 1. The highest BCUT2D eigenvalue weighted by molar-refractivity contribution is 5.94. The summed E-state index contributed by atoms with van der Waals surface area (Å²) in [4.78, 5) is 25.8. The number of piperidine rings is 1. The van der Waals surface area contributed by atoms with Crippen molar-refractivity contribution in [3.63, 3.8) is 0 Å². The van der Waals surface area contributed by atoms with E-state index in [1.54, 1.807) is 12.1 Å². The van der Waals surface area contributed by atoms with Gasteiger partial charge in [-0.15, -0.1) is 0 Å². The lowest BCUT2D eigenvalue weighted by atomic mass is 10.0. The second kappa shape index (κ2) is 8.97. The fourth-order valence-corrected chi connectivity index (χ4v) is 3.73. The zero-order valence-corrected chi connectivity index (χ0v) is 16.3. The van der Waals surface area contributed by atoms with Gasteiger partial charge in [0, 0.05) is 24.6 Å². The number of nitrogens with one attached hydrogen (secondary N) is 3. The molecular formula is C22H27FN3O2+. The van der Waals surface area contributed by atoms with E-state index in [4.69, 9.17) is 0 Å². The minimum atomic E-state index is -0.508. The summed E-state index contributed by atoms with van der Waals surface area (Å²) in [7, 11) is 0. The maximum absolute atomic E-state index is 13.7. The van der Waals surface area contributed by atoms with Gasteiger partial charge in [0.15, 0.2) is 6.54 Å². The van der Waals surface area contributed by atoms with Gasteiger partial charge in [-0.2, -0.15) is 0 Å². The maximum Gasteiger partial charge on any atom is 0.279 e. The van der Waals surface area contributed by atoms with Crippen molar-refractivity contribution in [3.8, 4) is 0 Å². The van der Waals surface area contributed by atoms with E-state index in [1.165, 1.54) is 17.0 Å². The molecule has 3 rings (SSSR count). The number of carbonyl (C=O) groups is 2. The van der Waals surface area contributed by atoms with E-state index in [1.807, 2.05) is 26.0 Å². The van der Waals surface area contributed by atoms with Gasteiger partial charge in [-0.3, -0.25) is 9.59 Å². The molecule has 28 heavy (non-hydrogen) atoms. The Hall–Kier alpha value is -2.73. The Morgan fingerprint density at radius 3 is 2.36 bits per heavy atom. The van der Waals surface area contributed by atoms with Crippen molar-refractivity contribution < 1.29 is 18.9 Å². The zero-order valence-electron chi connectivity index (χ0n) is 16.3. The van der Waals surface area contributed by atoms with Crippen LogP contribution < -0.4 is 15.5 Å². The molecule has 2 aromatic carbocycles. The SMILES string of the molecule is Cc1cc(C)cc(NC(=O)C[NH+]2CCC(NC(=O)c3ccccc3F)CC2)c1. The molecule has 1 aliphatic heterocycles. The lowest BCUT2D eigenvalue weighted by Crippen LogP contribution is -3.14. The van der Waals surface area contributed by atoms with Gasteiger partial charge in [-0.1, -0.05) is 18.2 Å². The molecule has 5 nitrogen and oxygen atoms in total. The van der Waals surface area contributed by atoms with Crippen LogP contribution in [0.25, 0.3) is 0 Å². The lowest BCUT2D eigenvalue weighted by Gasteiger charge is -2.29. The molecule has 1 aliphatic rings. The molecule has 0 atom stereocenters. The van der Waals surface area contributed by atoms with E-state index in [-0.39, 0.29) is 23.4 Å². The largest absolute Gasteiger partial charge is 0.349 e. The minimum absolute atomic E-state index is 0.00570. The summed E-state index contributed by atoms with van der Waals surface area (Å²) in [5.41, 5.74) is 3.14. The molecule has 148 valence electrons. The number of benzene rings is 2. The monoisotopic (exact) mass is 384 g/mol. The van der Waals surface area contributed by atoms with Gasteiger partial charge in [0.05, 0.1) is 18.7 Å². The Morgan fingerprint density at radius 2 is 1.71 bits per heavy atom. The van der Waals surface area contributed by atoms with Crippen molar-refractivity contribution in [2.45, 2.75) is 32.7 Å². The van der Waals surface area contributed by atoms with Crippen molar-refractivity contribution in [1.29, 1.82) is 0 Å². The molecule has 3 N–H and O–H groups in total. The van der Waals surface area contributed by atoms with Crippen molar-refractivity contribution in [3.05, 3.63) is 65.0 Å². The molecule has 0 aliphatic carbocycles. The van der Waals surface area contributed by atoms with Crippen molar-refractivity contribution in [1.82, 2.24) is 5.32 Å². The average Bonchev–Trinajstić information content (AvgIpc) is 2.62. The molecule has 6 heteroatoms. The Balaban J connectivity index is 1.45. The highest BCUT2D eigenvalue weighted by atomic mass is 19.1. The van der Waals surface area contributed by atoms with Crippen LogP contribution in [0, 0.1) is 19.7 Å². The first kappa shape index (κ1) is 20.0. The van der Waals surface area contributed by atoms with Gasteiger partial charge >= 0.3 is 0 Å². The summed E-state index contributed by atoms with van der Waals surface area (Å²) in [6.45, 7) is 6.01. The Kier molecular flexibility index (Phi) is 6.41. The molecule has 2 aromatic rings. The molecular weight excluding hydrogens is 357 g/mol. The molecule has 0 aromatic heterocycles. The smallest absolute Gasteiger partial charge is 0.279 e. The van der Waals surface area contributed by atoms with E-state index in [2.05, 4.69) is 16.7 Å². The lowest BCUT2D eigenvalue weighted by molar-refractivity contribution is -0.897. The molecule has 0 unspecified atom stereocenters. The fraction of sp³-hybridized carbons (Fsp3) is 0.364. The van der Waals surface area contributed by atoms with Gasteiger partial charge in [0.25, 0.3) is 11.8 Å². The fourth-order valence-electron chi connectivity index (χ4n) is 3.73. The second-order valence-corrected chi connectivity index (χ2v) is 7.58. The molecule has 2 amide bonds. The number of rotatable bonds is 5. The van der Waals surface area contributed by atoms with Crippen molar-refractivity contribution in [2.75, 3.05) is 25.0 Å². The molecule has 1 saturated heterocycles. The van der Waals surface area contributed by atoms with Gasteiger partial charge < -0.3 is 15.5 Å². The van der Waals surface area contributed by atoms with E-state index in [9.17, 15) is 14.0 Å². The number of likely N-dealkylation sites (tertiary alicyclic amines) is 1. The molecule has 0 radical (unpaired) electrons.